The lowest BCUT2D eigenvalue weighted by Gasteiger charge is -2.10. The van der Waals surface area contributed by atoms with Crippen LogP contribution in [0.15, 0.2) is 18.3 Å². The van der Waals surface area contributed by atoms with E-state index in [2.05, 4.69) is 43.7 Å². The molecule has 0 saturated carbocycles. The van der Waals surface area contributed by atoms with Gasteiger partial charge in [-0.05, 0) is 31.7 Å². The summed E-state index contributed by atoms with van der Waals surface area (Å²) in [7, 11) is 0. The van der Waals surface area contributed by atoms with Crippen molar-refractivity contribution in [1.82, 2.24) is 0 Å². The zero-order valence-electron chi connectivity index (χ0n) is 22.4. The molecule has 0 saturated heterocycles. The second kappa shape index (κ2) is 22.0. The van der Waals surface area contributed by atoms with Crippen LogP contribution in [-0.2, 0) is 19.4 Å². The molecule has 0 aliphatic carbocycles. The Hall–Kier alpha value is -0.850. The van der Waals surface area contributed by atoms with Crippen molar-refractivity contribution in [3.63, 3.8) is 0 Å². The smallest absolute Gasteiger partial charge is 0.184 e. The van der Waals surface area contributed by atoms with Gasteiger partial charge in [-0.3, -0.25) is 0 Å². The molecule has 0 N–H and O–H groups in total. The highest BCUT2D eigenvalue weighted by atomic mass is 15.0. The molecule has 0 amide bonds. The maximum Gasteiger partial charge on any atom is 0.184 e. The largest absolute Gasteiger partial charge is 0.202 e. The highest BCUT2D eigenvalue weighted by Gasteiger charge is 2.15. The molecule has 0 atom stereocenters. The van der Waals surface area contributed by atoms with E-state index in [1.165, 1.54) is 148 Å². The number of hydrogen-bond donors (Lipinski definition) is 0. The third-order valence-corrected chi connectivity index (χ3v) is 7.10. The van der Waals surface area contributed by atoms with Gasteiger partial charge in [0.05, 0.1) is 0 Å². The van der Waals surface area contributed by atoms with Crippen molar-refractivity contribution in [3.05, 3.63) is 29.6 Å². The maximum atomic E-state index is 2.63. The number of hydrogen-bond acceptors (Lipinski definition) is 0. The molecule has 0 aliphatic rings. The van der Waals surface area contributed by atoms with Crippen molar-refractivity contribution >= 4 is 0 Å². The minimum atomic E-state index is 1.23. The van der Waals surface area contributed by atoms with Gasteiger partial charge in [-0.15, -0.1) is 0 Å². The van der Waals surface area contributed by atoms with Crippen molar-refractivity contribution in [2.75, 3.05) is 0 Å². The van der Waals surface area contributed by atoms with Crippen LogP contribution < -0.4 is 4.57 Å². The van der Waals surface area contributed by atoms with Crippen LogP contribution in [0, 0.1) is 0 Å². The normalized spacial score (nSPS) is 11.3. The summed E-state index contributed by atoms with van der Waals surface area (Å²) >= 11 is 0. The summed E-state index contributed by atoms with van der Waals surface area (Å²) in [5, 5.41) is 0. The van der Waals surface area contributed by atoms with Crippen LogP contribution >= 0.6 is 0 Å². The van der Waals surface area contributed by atoms with Crippen molar-refractivity contribution in [2.45, 2.75) is 169 Å². The fraction of sp³-hybridized carbons (Fsp3) is 0.839. The van der Waals surface area contributed by atoms with Gasteiger partial charge in [0.1, 0.15) is 6.54 Å². The summed E-state index contributed by atoms with van der Waals surface area (Å²) in [4.78, 5) is 0. The molecule has 0 radical (unpaired) electrons. The van der Waals surface area contributed by atoms with Gasteiger partial charge >= 0.3 is 0 Å². The fourth-order valence-corrected chi connectivity index (χ4v) is 4.96. The molecule has 1 aromatic heterocycles. The summed E-state index contributed by atoms with van der Waals surface area (Å²) in [5.41, 5.74) is 3.32. The lowest BCUT2D eigenvalue weighted by atomic mass is 9.99. The van der Waals surface area contributed by atoms with E-state index in [9.17, 15) is 0 Å². The van der Waals surface area contributed by atoms with Gasteiger partial charge in [0.25, 0.3) is 0 Å². The molecule has 1 heterocycles. The molecular weight excluding hydrogens is 386 g/mol. The first-order valence-electron chi connectivity index (χ1n) is 14.8. The van der Waals surface area contributed by atoms with Crippen LogP contribution in [0.5, 0.6) is 0 Å². The van der Waals surface area contributed by atoms with Crippen LogP contribution in [0.25, 0.3) is 0 Å². The van der Waals surface area contributed by atoms with E-state index in [-0.39, 0.29) is 0 Å². The second-order valence-corrected chi connectivity index (χ2v) is 10.2. The Balaban J connectivity index is 2.50. The molecule has 1 aromatic rings. The van der Waals surface area contributed by atoms with E-state index in [0.29, 0.717) is 0 Å². The summed E-state index contributed by atoms with van der Waals surface area (Å²) in [6.07, 6.45) is 33.0. The van der Waals surface area contributed by atoms with E-state index in [1.807, 2.05) is 0 Å². The van der Waals surface area contributed by atoms with Crippen LogP contribution in [0.1, 0.15) is 160 Å². The average molecular weight is 445 g/mol. The quantitative estimate of drug-likeness (QED) is 0.117. The first-order valence-corrected chi connectivity index (χ1v) is 14.8. The van der Waals surface area contributed by atoms with Crippen molar-refractivity contribution < 1.29 is 4.57 Å². The van der Waals surface area contributed by atoms with Gasteiger partial charge in [-0.25, -0.2) is 4.57 Å². The summed E-state index contributed by atoms with van der Waals surface area (Å²) in [5.74, 6) is 0. The molecule has 32 heavy (non-hydrogen) atoms. The summed E-state index contributed by atoms with van der Waals surface area (Å²) in [6, 6.07) is 4.75. The maximum absolute atomic E-state index is 2.63. The highest BCUT2D eigenvalue weighted by molar-refractivity contribution is 5.16. The third kappa shape index (κ3) is 15.1. The van der Waals surface area contributed by atoms with Crippen molar-refractivity contribution in [3.8, 4) is 0 Å². The predicted octanol–water partition coefficient (Wildman–Crippen LogP) is 9.92. The van der Waals surface area contributed by atoms with E-state index >= 15 is 0 Å². The van der Waals surface area contributed by atoms with Gasteiger partial charge < -0.3 is 0 Å². The lowest BCUT2D eigenvalue weighted by Crippen LogP contribution is -2.39. The summed E-state index contributed by atoms with van der Waals surface area (Å²) in [6.45, 7) is 8.15. The van der Waals surface area contributed by atoms with Crippen LogP contribution in [-0.4, -0.2) is 0 Å². The van der Waals surface area contributed by atoms with Gasteiger partial charge in [0, 0.05) is 24.5 Å². The molecule has 0 spiro atoms. The minimum Gasteiger partial charge on any atom is -0.202 e. The highest BCUT2D eigenvalue weighted by Crippen LogP contribution is 2.16. The molecule has 186 valence electrons. The fourth-order valence-electron chi connectivity index (χ4n) is 4.96. The zero-order valence-corrected chi connectivity index (χ0v) is 22.4. The van der Waals surface area contributed by atoms with E-state index < -0.39 is 0 Å². The Bertz CT molecular complexity index is 521. The van der Waals surface area contributed by atoms with Gasteiger partial charge in [0.2, 0.25) is 0 Å². The first-order chi connectivity index (χ1) is 15.8. The molecule has 0 aromatic carbocycles. The predicted molar refractivity (Wildman–Crippen MR) is 143 cm³/mol. The minimum absolute atomic E-state index is 1.23. The Morgan fingerprint density at radius 3 is 1.47 bits per heavy atom. The van der Waals surface area contributed by atoms with Crippen molar-refractivity contribution in [1.29, 1.82) is 0 Å². The molecule has 1 rings (SSSR count). The molecule has 0 fully saturated rings. The van der Waals surface area contributed by atoms with Crippen LogP contribution in [0.4, 0.5) is 0 Å². The van der Waals surface area contributed by atoms with Gasteiger partial charge in [0.15, 0.2) is 11.9 Å². The van der Waals surface area contributed by atoms with Gasteiger partial charge in [-0.2, -0.15) is 0 Å². The monoisotopic (exact) mass is 444 g/mol. The number of aryl methyl sites for hydroxylation is 2. The molecular formula is C31H58N+. The molecule has 1 heteroatoms. The first kappa shape index (κ1) is 29.2. The Morgan fingerprint density at radius 2 is 0.938 bits per heavy atom. The number of unbranched alkanes of at least 4 members (excludes halogenated alkanes) is 17. The average Bonchev–Trinajstić information content (AvgIpc) is 2.81. The molecule has 0 aliphatic heterocycles. The number of aromatic nitrogens is 1. The zero-order chi connectivity index (χ0) is 23.1. The van der Waals surface area contributed by atoms with Crippen LogP contribution in [0.2, 0.25) is 0 Å². The number of pyridine rings is 1. The molecule has 0 bridgehead atoms. The number of rotatable bonds is 23. The van der Waals surface area contributed by atoms with E-state index in [0.717, 1.165) is 0 Å². The Morgan fingerprint density at radius 1 is 0.500 bits per heavy atom. The lowest BCUT2D eigenvalue weighted by molar-refractivity contribution is -0.705. The topological polar surface area (TPSA) is 3.88 Å². The standard InChI is InChI=1S/C31H58N/c1-4-7-10-13-16-17-20-23-28-32-29-24-26-30(25-21-18-14-11-8-5-2)31(32)27-22-19-15-12-9-6-3/h24,26,29H,4-23,25,27-28H2,1-3H3/q+1. The SMILES string of the molecule is CCCCCCCCCC[n+]1cccc(CCCCCCCC)c1CCCCCCCC. The van der Waals surface area contributed by atoms with E-state index in [4.69, 9.17) is 0 Å². The molecule has 0 unspecified atom stereocenters. The van der Waals surface area contributed by atoms with E-state index in [1.54, 1.807) is 11.3 Å². The number of nitrogens with zero attached hydrogens (tertiary/aromatic N) is 1. The van der Waals surface area contributed by atoms with Crippen LogP contribution in [0.3, 0.4) is 0 Å². The van der Waals surface area contributed by atoms with Crippen molar-refractivity contribution in [2.24, 2.45) is 0 Å². The summed E-state index contributed by atoms with van der Waals surface area (Å²) < 4.78 is 2.63. The van der Waals surface area contributed by atoms with Gasteiger partial charge in [-0.1, -0.05) is 124 Å². The Labute approximate surface area is 202 Å². The third-order valence-electron chi connectivity index (χ3n) is 7.10. The second-order valence-electron chi connectivity index (χ2n) is 10.2. The Kier molecular flexibility index (Phi) is 20.0. The molecule has 1 nitrogen and oxygen atoms in total.